The van der Waals surface area contributed by atoms with Gasteiger partial charge >= 0.3 is 0 Å². The van der Waals surface area contributed by atoms with Gasteiger partial charge in [0.15, 0.2) is 0 Å². The number of nitrogens with one attached hydrogen (secondary N) is 1. The van der Waals surface area contributed by atoms with E-state index in [0.29, 0.717) is 0 Å². The Kier molecular flexibility index (Phi) is 4.45. The third-order valence-corrected chi connectivity index (χ3v) is 4.18. The molecule has 0 spiro atoms. The van der Waals surface area contributed by atoms with E-state index in [1.165, 1.54) is 12.1 Å². The van der Waals surface area contributed by atoms with Gasteiger partial charge in [0.25, 0.3) is 0 Å². The molecule has 0 bridgehead atoms. The lowest BCUT2D eigenvalue weighted by atomic mass is 10.9. The second-order valence-electron chi connectivity index (χ2n) is 1.80. The Balaban J connectivity index is 2.99. The summed E-state index contributed by atoms with van der Waals surface area (Å²) in [5, 5.41) is 0. The summed E-state index contributed by atoms with van der Waals surface area (Å²) >= 11 is 0. The second-order valence-corrected chi connectivity index (χ2v) is 5.41. The molecule has 0 saturated heterocycles. The molecular weight excluding hydrogens is 102 g/mol. The van der Waals surface area contributed by atoms with E-state index in [1.54, 1.807) is 0 Å². The van der Waals surface area contributed by atoms with Crippen molar-refractivity contribution in [2.45, 2.75) is 25.9 Å². The first-order valence-electron chi connectivity index (χ1n) is 3.02. The second kappa shape index (κ2) is 4.34. The summed E-state index contributed by atoms with van der Waals surface area (Å²) in [6.45, 7) is 4.52. The third-order valence-electron chi connectivity index (χ3n) is 1.39. The van der Waals surface area contributed by atoms with Crippen molar-refractivity contribution in [3.8, 4) is 0 Å². The average molecular weight is 117 g/mol. The van der Waals surface area contributed by atoms with Crippen LogP contribution < -0.4 is 4.98 Å². The van der Waals surface area contributed by atoms with Crippen LogP contribution in [0.4, 0.5) is 0 Å². The van der Waals surface area contributed by atoms with Crippen molar-refractivity contribution in [1.82, 2.24) is 4.98 Å². The van der Waals surface area contributed by atoms with Crippen LogP contribution >= 0.6 is 0 Å². The van der Waals surface area contributed by atoms with Gasteiger partial charge in [-0.1, -0.05) is 13.8 Å². The molecule has 0 fully saturated rings. The zero-order valence-corrected chi connectivity index (χ0v) is 6.65. The van der Waals surface area contributed by atoms with E-state index in [0.717, 1.165) is 0 Å². The lowest BCUT2D eigenvalue weighted by molar-refractivity contribution is 1.12. The van der Waals surface area contributed by atoms with Gasteiger partial charge in [0.2, 0.25) is 0 Å². The number of hydrogen-bond acceptors (Lipinski definition) is 1. The Morgan fingerprint density at radius 3 is 1.71 bits per heavy atom. The Labute approximate surface area is 47.8 Å². The molecule has 0 heterocycles. The maximum absolute atomic E-state index is 3.34. The number of rotatable bonds is 3. The average Bonchev–Trinajstić information content (AvgIpc) is 1.72. The van der Waals surface area contributed by atoms with Gasteiger partial charge in [0.05, 0.1) is 0 Å². The van der Waals surface area contributed by atoms with Crippen molar-refractivity contribution in [3.05, 3.63) is 0 Å². The quantitative estimate of drug-likeness (QED) is 0.543. The van der Waals surface area contributed by atoms with Crippen molar-refractivity contribution >= 4 is 8.96 Å². The molecule has 0 rings (SSSR count). The topological polar surface area (TPSA) is 12.0 Å². The zero-order chi connectivity index (χ0) is 5.70. The first-order valence-corrected chi connectivity index (χ1v) is 5.23. The Bertz CT molecular complexity index is 29.6. The molecule has 0 radical (unpaired) electrons. The summed E-state index contributed by atoms with van der Waals surface area (Å²) in [5.74, 6) is 0. The molecule has 7 heavy (non-hydrogen) atoms. The van der Waals surface area contributed by atoms with Gasteiger partial charge in [0, 0.05) is 0 Å². The highest BCUT2D eigenvalue weighted by Crippen LogP contribution is 1.90. The van der Waals surface area contributed by atoms with E-state index in [9.17, 15) is 0 Å². The van der Waals surface area contributed by atoms with Crippen molar-refractivity contribution in [3.63, 3.8) is 0 Å². The highest BCUT2D eigenvalue weighted by atomic mass is 28.3. The van der Waals surface area contributed by atoms with Crippen LogP contribution in [-0.2, 0) is 0 Å². The Morgan fingerprint density at radius 1 is 1.29 bits per heavy atom. The van der Waals surface area contributed by atoms with Crippen LogP contribution in [0.2, 0.25) is 12.1 Å². The number of hydrogen-bond donors (Lipinski definition) is 1. The molecule has 0 unspecified atom stereocenters. The van der Waals surface area contributed by atoms with Crippen LogP contribution in [0.15, 0.2) is 0 Å². The molecule has 0 aliphatic rings. The zero-order valence-electron chi connectivity index (χ0n) is 5.49. The Morgan fingerprint density at radius 2 is 1.71 bits per heavy atom. The van der Waals surface area contributed by atoms with Crippen molar-refractivity contribution in [1.29, 1.82) is 0 Å². The van der Waals surface area contributed by atoms with Gasteiger partial charge in [-0.2, -0.15) is 0 Å². The molecule has 0 aliphatic carbocycles. The molecule has 1 N–H and O–H groups in total. The van der Waals surface area contributed by atoms with Gasteiger partial charge in [-0.3, -0.25) is 0 Å². The smallest absolute Gasteiger partial charge is 0.108 e. The van der Waals surface area contributed by atoms with Crippen LogP contribution in [0, 0.1) is 0 Å². The van der Waals surface area contributed by atoms with E-state index < -0.39 is 8.96 Å². The third kappa shape index (κ3) is 2.82. The summed E-state index contributed by atoms with van der Waals surface area (Å²) in [7, 11) is 1.65. The first kappa shape index (κ1) is 7.18. The maximum atomic E-state index is 3.34. The molecule has 44 valence electrons. The fraction of sp³-hybridized carbons (Fsp3) is 1.00. The minimum Gasteiger partial charge on any atom is -0.342 e. The summed E-state index contributed by atoms with van der Waals surface area (Å²) in [4.78, 5) is 3.34. The minimum atomic E-state index is -0.421. The van der Waals surface area contributed by atoms with Crippen molar-refractivity contribution in [2.75, 3.05) is 7.05 Å². The van der Waals surface area contributed by atoms with E-state index in [1.807, 2.05) is 0 Å². The fourth-order valence-corrected chi connectivity index (χ4v) is 2.09. The molecule has 1 nitrogen and oxygen atoms in total. The molecule has 0 aromatic rings. The lowest BCUT2D eigenvalue weighted by Gasteiger charge is -2.05. The van der Waals surface area contributed by atoms with Gasteiger partial charge in [-0.25, -0.2) is 0 Å². The summed E-state index contributed by atoms with van der Waals surface area (Å²) < 4.78 is 0. The molecular formula is C5H15NSi. The van der Waals surface area contributed by atoms with Crippen molar-refractivity contribution < 1.29 is 0 Å². The largest absolute Gasteiger partial charge is 0.342 e. The molecule has 0 amide bonds. The summed E-state index contributed by atoms with van der Waals surface area (Å²) in [6.07, 6.45) is 0. The summed E-state index contributed by atoms with van der Waals surface area (Å²) in [6, 6.07) is 2.76. The predicted molar refractivity (Wildman–Crippen MR) is 37.2 cm³/mol. The Hall–Kier alpha value is 0.177. The van der Waals surface area contributed by atoms with E-state index in [-0.39, 0.29) is 0 Å². The van der Waals surface area contributed by atoms with Gasteiger partial charge < -0.3 is 4.98 Å². The fourth-order valence-electron chi connectivity index (χ4n) is 0.697. The van der Waals surface area contributed by atoms with E-state index in [2.05, 4.69) is 25.9 Å². The van der Waals surface area contributed by atoms with Gasteiger partial charge in [-0.05, 0) is 19.1 Å². The van der Waals surface area contributed by atoms with E-state index in [4.69, 9.17) is 0 Å². The maximum Gasteiger partial charge on any atom is 0.108 e. The first-order chi connectivity index (χ1) is 3.35. The standard InChI is InChI=1S/C5H15NSi/c1-4-7(5-2)6-3/h6-7H,4-5H2,1-3H3. The molecule has 0 aromatic heterocycles. The molecule has 2 heteroatoms. The molecule has 0 saturated carbocycles. The van der Waals surface area contributed by atoms with Crippen LogP contribution in [0.3, 0.4) is 0 Å². The SMILES string of the molecule is CC[SiH](CC)NC. The van der Waals surface area contributed by atoms with Gasteiger partial charge in [0.1, 0.15) is 8.96 Å². The molecule has 0 aromatic carbocycles. The van der Waals surface area contributed by atoms with Gasteiger partial charge in [-0.15, -0.1) is 0 Å². The highest BCUT2D eigenvalue weighted by molar-refractivity contribution is 6.55. The lowest BCUT2D eigenvalue weighted by Crippen LogP contribution is -2.27. The normalized spacial score (nSPS) is 10.3. The monoisotopic (exact) mass is 117 g/mol. The van der Waals surface area contributed by atoms with Crippen molar-refractivity contribution in [2.24, 2.45) is 0 Å². The van der Waals surface area contributed by atoms with Crippen LogP contribution in [-0.4, -0.2) is 16.0 Å². The molecule has 0 atom stereocenters. The van der Waals surface area contributed by atoms with Crippen LogP contribution in [0.1, 0.15) is 13.8 Å². The minimum absolute atomic E-state index is 0.421. The summed E-state index contributed by atoms with van der Waals surface area (Å²) in [5.41, 5.74) is 0. The molecule has 0 aliphatic heterocycles. The van der Waals surface area contributed by atoms with E-state index >= 15 is 0 Å². The van der Waals surface area contributed by atoms with Crippen LogP contribution in [0.5, 0.6) is 0 Å². The van der Waals surface area contributed by atoms with Crippen LogP contribution in [0.25, 0.3) is 0 Å². The highest BCUT2D eigenvalue weighted by Gasteiger charge is 1.97. The predicted octanol–water partition coefficient (Wildman–Crippen LogP) is 0.969.